The third-order valence-electron chi connectivity index (χ3n) is 13.8. The molecule has 1 heterocycles. The molecule has 0 unspecified atom stereocenters. The lowest BCUT2D eigenvalue weighted by atomic mass is 9.42. The first-order chi connectivity index (χ1) is 23.4. The molecular weight excluding hydrogens is 634 g/mol. The Hall–Kier alpha value is -2.65. The fraction of sp³-hybridized carbons (Fsp3) is 0.750. The predicted molar refractivity (Wildman–Crippen MR) is 175 cm³/mol. The first-order valence-electron chi connectivity index (χ1n) is 17.6. The number of nitrogens with two attached hydrogens (primary N) is 1. The van der Waals surface area contributed by atoms with Crippen LogP contribution in [-0.2, 0) is 33.3 Å². The number of primary amides is 1. The number of anilines is 1. The number of carbonyl (C=O) groups excluding carboxylic acids is 3. The van der Waals surface area contributed by atoms with E-state index in [1.807, 2.05) is 0 Å². The number of nitrogens with zero attached hydrogens (tertiary/aromatic N) is 1. The number of piperidine rings is 1. The van der Waals surface area contributed by atoms with Crippen LogP contribution in [0.3, 0.4) is 0 Å². The van der Waals surface area contributed by atoms with Gasteiger partial charge in [0.1, 0.15) is 11.2 Å². The fourth-order valence-electron chi connectivity index (χ4n) is 12.5. The Morgan fingerprint density at radius 1 is 1.04 bits per heavy atom. The molecule has 7 bridgehead atoms. The van der Waals surface area contributed by atoms with Crippen LogP contribution in [0.5, 0.6) is 0 Å². The van der Waals surface area contributed by atoms with Crippen molar-refractivity contribution in [1.82, 2.24) is 4.90 Å². The summed E-state index contributed by atoms with van der Waals surface area (Å²) < 4.78 is 31.3. The van der Waals surface area contributed by atoms with Gasteiger partial charge in [-0.25, -0.2) is 4.79 Å². The van der Waals surface area contributed by atoms with Gasteiger partial charge in [0.15, 0.2) is 0 Å². The number of nitrogens with one attached hydrogen (secondary N) is 1. The quantitative estimate of drug-likeness (QED) is 0.233. The second-order valence-corrected chi connectivity index (χ2v) is 15.3. The van der Waals surface area contributed by atoms with Crippen molar-refractivity contribution in [2.45, 2.75) is 87.1 Å². The predicted octanol–water partition coefficient (Wildman–Crippen LogP) is 1.34. The average molecular weight is 686 g/mol. The van der Waals surface area contributed by atoms with Crippen LogP contribution in [-0.4, -0.2) is 123 Å². The summed E-state index contributed by atoms with van der Waals surface area (Å²) in [6, 6.07) is 6.14. The lowest BCUT2D eigenvalue weighted by Crippen LogP contribution is -2.82. The topological polar surface area (TPSA) is 179 Å². The van der Waals surface area contributed by atoms with Crippen molar-refractivity contribution in [3.63, 3.8) is 0 Å². The highest BCUT2D eigenvalue weighted by Crippen LogP contribution is 2.80. The zero-order valence-electron chi connectivity index (χ0n) is 29.1. The van der Waals surface area contributed by atoms with Crippen molar-refractivity contribution in [3.05, 3.63) is 29.8 Å². The monoisotopic (exact) mass is 685 g/mol. The number of rotatable bonds is 12. The van der Waals surface area contributed by atoms with Crippen LogP contribution in [0.4, 0.5) is 5.69 Å². The Kier molecular flexibility index (Phi) is 8.69. The molecule has 6 aliphatic rings. The van der Waals surface area contributed by atoms with E-state index in [9.17, 15) is 24.6 Å². The molecule has 1 aliphatic heterocycles. The molecular formula is C36H51N3O10. The van der Waals surface area contributed by atoms with Gasteiger partial charge in [0, 0.05) is 82.8 Å². The number of amides is 2. The van der Waals surface area contributed by atoms with Gasteiger partial charge < -0.3 is 44.9 Å². The lowest BCUT2D eigenvalue weighted by Gasteiger charge is -2.70. The smallest absolute Gasteiger partial charge is 0.340 e. The summed E-state index contributed by atoms with van der Waals surface area (Å²) in [6.07, 6.45) is 0.513. The number of aliphatic hydroxyl groups is 2. The van der Waals surface area contributed by atoms with Crippen molar-refractivity contribution in [2.24, 2.45) is 40.2 Å². The molecule has 13 heteroatoms. The number of esters is 1. The highest BCUT2D eigenvalue weighted by atomic mass is 16.5. The highest BCUT2D eigenvalue weighted by Gasteiger charge is 2.91. The van der Waals surface area contributed by atoms with Gasteiger partial charge in [-0.1, -0.05) is 19.1 Å². The molecule has 1 saturated heterocycles. The van der Waals surface area contributed by atoms with Crippen molar-refractivity contribution < 1.29 is 48.3 Å². The van der Waals surface area contributed by atoms with E-state index >= 15 is 0 Å². The summed E-state index contributed by atoms with van der Waals surface area (Å²) in [4.78, 5) is 39.9. The molecule has 2 amide bonds. The first-order valence-corrected chi connectivity index (χ1v) is 17.6. The second kappa shape index (κ2) is 12.2. The summed E-state index contributed by atoms with van der Waals surface area (Å²) >= 11 is 0. The molecule has 7 rings (SSSR count). The minimum Gasteiger partial charge on any atom is -0.461 e. The number of ether oxygens (including phenoxy) is 5. The van der Waals surface area contributed by atoms with Crippen LogP contribution in [0.2, 0.25) is 0 Å². The molecule has 49 heavy (non-hydrogen) atoms. The van der Waals surface area contributed by atoms with Gasteiger partial charge >= 0.3 is 5.97 Å². The van der Waals surface area contributed by atoms with Crippen LogP contribution < -0.4 is 11.1 Å². The summed E-state index contributed by atoms with van der Waals surface area (Å²) in [5.74, 6) is -2.33. The minimum absolute atomic E-state index is 0.0424. The van der Waals surface area contributed by atoms with E-state index in [1.54, 1.807) is 52.7 Å². The maximum Gasteiger partial charge on any atom is 0.340 e. The first kappa shape index (κ1) is 34.8. The van der Waals surface area contributed by atoms with Crippen molar-refractivity contribution in [3.8, 4) is 0 Å². The Morgan fingerprint density at radius 2 is 1.80 bits per heavy atom. The Bertz CT molecular complexity index is 1490. The van der Waals surface area contributed by atoms with Gasteiger partial charge in [-0.15, -0.1) is 0 Å². The van der Waals surface area contributed by atoms with Gasteiger partial charge in [0.05, 0.1) is 48.3 Å². The number of benzene rings is 1. The second-order valence-electron chi connectivity index (χ2n) is 15.3. The van der Waals surface area contributed by atoms with E-state index in [0.29, 0.717) is 25.9 Å². The fourth-order valence-corrected chi connectivity index (χ4v) is 12.5. The molecule has 1 spiro atoms. The summed E-state index contributed by atoms with van der Waals surface area (Å²) in [5, 5.41) is 29.2. The van der Waals surface area contributed by atoms with E-state index in [4.69, 9.17) is 29.4 Å². The molecule has 5 saturated carbocycles. The van der Waals surface area contributed by atoms with Crippen LogP contribution in [0.15, 0.2) is 24.3 Å². The maximum absolute atomic E-state index is 13.9. The molecule has 0 aromatic heterocycles. The van der Waals surface area contributed by atoms with Gasteiger partial charge in [-0.05, 0) is 43.9 Å². The van der Waals surface area contributed by atoms with E-state index in [2.05, 4.69) is 17.1 Å². The average Bonchev–Trinajstić information content (AvgIpc) is 3.51. The third kappa shape index (κ3) is 4.45. The standard InChI is InChI=1S/C36H51N3O10/c1-6-39-17-33(18-49-31(42)19-9-7-8-10-22(19)38-26(41)12-11-25(37)40)14-13-24(46-3)35-21-15-20-23(45-2)16-34(43,27(21)28(20)47-4)36(44,32(35)39)30(48-5)29(33)35/h7-10,20-21,23-24,27-30,32,43-44H,6,11-18H2,1-5H3,(H2,37,40)(H,38,41)/t20-,21-,23+,24+,27-,28+,29-,30+,32+,33+,34-,35+,36-/m1/s1. The van der Waals surface area contributed by atoms with Gasteiger partial charge in [0.2, 0.25) is 11.8 Å². The maximum atomic E-state index is 13.9. The number of hydrogen-bond acceptors (Lipinski definition) is 11. The van der Waals surface area contributed by atoms with E-state index in [0.717, 1.165) is 6.42 Å². The number of carbonyl (C=O) groups is 3. The molecule has 0 radical (unpaired) electrons. The van der Waals surface area contributed by atoms with Gasteiger partial charge in [-0.2, -0.15) is 0 Å². The highest BCUT2D eigenvalue weighted by molar-refractivity contribution is 6.01. The Morgan fingerprint density at radius 3 is 2.45 bits per heavy atom. The van der Waals surface area contributed by atoms with E-state index < -0.39 is 52.0 Å². The number of likely N-dealkylation sites (tertiary alicyclic amines) is 1. The molecule has 5 N–H and O–H groups in total. The molecule has 270 valence electrons. The van der Waals surface area contributed by atoms with Gasteiger partial charge in [-0.3, -0.25) is 14.5 Å². The zero-order valence-corrected chi connectivity index (χ0v) is 29.1. The van der Waals surface area contributed by atoms with Gasteiger partial charge in [0.25, 0.3) is 0 Å². The minimum atomic E-state index is -1.69. The molecule has 13 nitrogen and oxygen atoms in total. The normalized spacial score (nSPS) is 44.4. The number of likely N-dealkylation sites (N-methyl/N-ethyl adjacent to an activating group) is 1. The number of methoxy groups -OCH3 is 4. The Balaban J connectivity index is 1.29. The summed E-state index contributed by atoms with van der Waals surface area (Å²) in [5.41, 5.74) is 1.14. The van der Waals surface area contributed by atoms with Crippen LogP contribution in [0, 0.1) is 34.5 Å². The van der Waals surface area contributed by atoms with Crippen molar-refractivity contribution >= 4 is 23.5 Å². The van der Waals surface area contributed by atoms with E-state index in [-0.39, 0.29) is 79.1 Å². The molecule has 1 aromatic carbocycles. The third-order valence-corrected chi connectivity index (χ3v) is 13.8. The van der Waals surface area contributed by atoms with Crippen LogP contribution >= 0.6 is 0 Å². The SMILES string of the molecule is CCN1C[C@]2(COC(=O)c3ccccc3NC(=O)CCC(N)=O)CC[C@H](OC)[C@@]34[C@@H]5C[C@H]6[C@H](OC)[C@@H]5[C@](O)(C[C@@H]6OC)[C@@](O)([C@@H](OC)[C@H]23)[C@@H]14. The molecule has 6 fully saturated rings. The van der Waals surface area contributed by atoms with E-state index in [1.165, 1.54) is 0 Å². The number of para-hydroxylation sites is 1. The number of hydrogen-bond donors (Lipinski definition) is 4. The molecule has 13 atom stereocenters. The van der Waals surface area contributed by atoms with Crippen molar-refractivity contribution in [1.29, 1.82) is 0 Å². The van der Waals surface area contributed by atoms with Crippen LogP contribution in [0.25, 0.3) is 0 Å². The number of fused-ring (bicyclic) bond motifs is 2. The summed E-state index contributed by atoms with van der Waals surface area (Å²) in [7, 11) is 6.68. The summed E-state index contributed by atoms with van der Waals surface area (Å²) in [6.45, 7) is 3.25. The molecule has 1 aromatic rings. The Labute approximate surface area is 287 Å². The van der Waals surface area contributed by atoms with Crippen LogP contribution in [0.1, 0.15) is 55.8 Å². The lowest BCUT2D eigenvalue weighted by molar-refractivity contribution is -0.320. The van der Waals surface area contributed by atoms with Crippen molar-refractivity contribution in [2.75, 3.05) is 53.5 Å². The largest absolute Gasteiger partial charge is 0.461 e. The molecule has 5 aliphatic carbocycles. The zero-order chi connectivity index (χ0) is 35.1.